The van der Waals surface area contributed by atoms with E-state index >= 15 is 0 Å². The molecule has 0 radical (unpaired) electrons. The van der Waals surface area contributed by atoms with Gasteiger partial charge in [-0.15, -0.1) is 0 Å². The molecule has 2 fully saturated rings. The van der Waals surface area contributed by atoms with Gasteiger partial charge in [-0.1, -0.05) is 48.5 Å². The number of rotatable bonds is 5. The molecule has 9 nitrogen and oxygen atoms in total. The summed E-state index contributed by atoms with van der Waals surface area (Å²) in [4.78, 5) is 38.7. The van der Waals surface area contributed by atoms with Crippen molar-refractivity contribution in [1.82, 2.24) is 14.7 Å². The second-order valence-corrected chi connectivity index (χ2v) is 9.38. The van der Waals surface area contributed by atoms with Crippen molar-refractivity contribution in [3.05, 3.63) is 71.4 Å². The van der Waals surface area contributed by atoms with E-state index in [1.165, 1.54) is 10.9 Å². The number of carboxylic acid groups (broad SMARTS) is 1. The number of aryl methyl sites for hydroxylation is 1. The highest BCUT2D eigenvalue weighted by atomic mass is 16.5. The summed E-state index contributed by atoms with van der Waals surface area (Å²) in [7, 11) is 1.64. The van der Waals surface area contributed by atoms with Crippen molar-refractivity contribution in [2.24, 2.45) is 24.8 Å². The zero-order valence-corrected chi connectivity index (χ0v) is 19.0. The SMILES string of the molecule is Cn1ncc(C(=O)N2CC3C(C2)C3C(=O)O)c1NC(=O)OCC1c2ccccc2-c2ccccc21. The number of nitrogens with one attached hydrogen (secondary N) is 1. The van der Waals surface area contributed by atoms with Crippen LogP contribution in [0.25, 0.3) is 11.1 Å². The number of aromatic nitrogens is 2. The number of likely N-dealkylation sites (tertiary alicyclic amines) is 1. The van der Waals surface area contributed by atoms with Gasteiger partial charge < -0.3 is 14.7 Å². The lowest BCUT2D eigenvalue weighted by Gasteiger charge is -2.19. The molecular formula is C26H24N4O5. The van der Waals surface area contributed by atoms with E-state index in [0.29, 0.717) is 13.1 Å². The van der Waals surface area contributed by atoms with Crippen molar-refractivity contribution >= 4 is 23.8 Å². The van der Waals surface area contributed by atoms with Crippen molar-refractivity contribution in [3.63, 3.8) is 0 Å². The fourth-order valence-electron chi connectivity index (χ4n) is 5.70. The van der Waals surface area contributed by atoms with E-state index in [0.717, 1.165) is 22.3 Å². The lowest BCUT2D eigenvalue weighted by Crippen LogP contribution is -2.33. The maximum atomic E-state index is 13.1. The molecule has 2 unspecified atom stereocenters. The minimum absolute atomic E-state index is 0.00617. The van der Waals surface area contributed by atoms with Crippen molar-refractivity contribution in [3.8, 4) is 11.1 Å². The fraction of sp³-hybridized carbons (Fsp3) is 0.308. The molecule has 1 aromatic heterocycles. The number of carbonyl (C=O) groups is 3. The Hall–Kier alpha value is -4.14. The van der Waals surface area contributed by atoms with Gasteiger partial charge in [0, 0.05) is 26.1 Å². The molecule has 178 valence electrons. The van der Waals surface area contributed by atoms with E-state index in [1.54, 1.807) is 11.9 Å². The minimum atomic E-state index is -0.800. The monoisotopic (exact) mass is 472 g/mol. The van der Waals surface area contributed by atoms with Gasteiger partial charge in [0.15, 0.2) is 0 Å². The summed E-state index contributed by atoms with van der Waals surface area (Å²) < 4.78 is 7.03. The van der Waals surface area contributed by atoms with Crippen LogP contribution in [0.15, 0.2) is 54.7 Å². The van der Waals surface area contributed by atoms with Crippen LogP contribution >= 0.6 is 0 Å². The Morgan fingerprint density at radius 1 is 1.03 bits per heavy atom. The van der Waals surface area contributed by atoms with Gasteiger partial charge in [-0.25, -0.2) is 4.79 Å². The van der Waals surface area contributed by atoms with E-state index in [2.05, 4.69) is 34.7 Å². The van der Waals surface area contributed by atoms with Crippen molar-refractivity contribution < 1.29 is 24.2 Å². The molecule has 0 spiro atoms. The first kappa shape index (κ1) is 21.4. The standard InChI is InChI=1S/C26H24N4O5/c1-29-23(18(10-27-29)24(31)30-11-19-20(12-30)22(19)25(32)33)28-26(34)35-13-21-16-8-4-2-6-14(16)15-7-3-5-9-17(15)21/h2-10,19-22H,11-13H2,1H3,(H,28,34)(H,32,33). The van der Waals surface area contributed by atoms with Crippen molar-refractivity contribution in [2.75, 3.05) is 25.0 Å². The maximum Gasteiger partial charge on any atom is 0.412 e. The Morgan fingerprint density at radius 3 is 2.23 bits per heavy atom. The molecule has 3 aromatic rings. The number of hydrogen-bond donors (Lipinski definition) is 2. The number of aliphatic carboxylic acids is 1. The van der Waals surface area contributed by atoms with Crippen LogP contribution in [0.1, 0.15) is 27.4 Å². The summed E-state index contributed by atoms with van der Waals surface area (Å²) in [5.74, 6) is -1.24. The van der Waals surface area contributed by atoms with Gasteiger partial charge >= 0.3 is 12.1 Å². The van der Waals surface area contributed by atoms with E-state index in [1.807, 2.05) is 24.3 Å². The largest absolute Gasteiger partial charge is 0.481 e. The Kier molecular flexibility index (Phi) is 4.87. The molecule has 2 aromatic carbocycles. The smallest absolute Gasteiger partial charge is 0.412 e. The number of amides is 2. The van der Waals surface area contributed by atoms with E-state index < -0.39 is 12.1 Å². The van der Waals surface area contributed by atoms with Crippen LogP contribution in [0.5, 0.6) is 0 Å². The van der Waals surface area contributed by atoms with Crippen LogP contribution in [-0.4, -0.2) is 57.5 Å². The number of fused-ring (bicyclic) bond motifs is 4. The highest BCUT2D eigenvalue weighted by molar-refractivity contribution is 6.02. The molecule has 2 atom stereocenters. The minimum Gasteiger partial charge on any atom is -0.481 e. The van der Waals surface area contributed by atoms with E-state index in [-0.39, 0.29) is 47.6 Å². The van der Waals surface area contributed by atoms with Crippen LogP contribution in [-0.2, 0) is 16.6 Å². The van der Waals surface area contributed by atoms with Gasteiger partial charge in [-0.3, -0.25) is 19.6 Å². The molecular weight excluding hydrogens is 448 g/mol. The number of nitrogens with zero attached hydrogens (tertiary/aromatic N) is 3. The van der Waals surface area contributed by atoms with Gasteiger partial charge in [-0.05, 0) is 34.1 Å². The molecule has 0 bridgehead atoms. The lowest BCUT2D eigenvalue weighted by atomic mass is 9.98. The summed E-state index contributed by atoms with van der Waals surface area (Å²) in [6.45, 7) is 0.965. The number of anilines is 1. The number of hydrogen-bond acceptors (Lipinski definition) is 5. The van der Waals surface area contributed by atoms with E-state index in [9.17, 15) is 19.5 Å². The van der Waals surface area contributed by atoms with Crippen LogP contribution in [0.4, 0.5) is 10.6 Å². The molecule has 6 rings (SSSR count). The number of ether oxygens (including phenoxy) is 1. The molecule has 3 aliphatic rings. The third kappa shape index (κ3) is 3.46. The zero-order chi connectivity index (χ0) is 24.3. The predicted octanol–water partition coefficient (Wildman–Crippen LogP) is 3.18. The van der Waals surface area contributed by atoms with Gasteiger partial charge in [0.05, 0.1) is 12.1 Å². The second kappa shape index (κ2) is 7.97. The molecule has 1 saturated carbocycles. The molecule has 2 amide bonds. The number of carboxylic acids is 1. The topological polar surface area (TPSA) is 114 Å². The lowest BCUT2D eigenvalue weighted by molar-refractivity contribution is -0.139. The molecule has 9 heteroatoms. The highest BCUT2D eigenvalue weighted by Crippen LogP contribution is 2.52. The van der Waals surface area contributed by atoms with Crippen LogP contribution in [0.3, 0.4) is 0 Å². The number of benzene rings is 2. The third-order valence-electron chi connectivity index (χ3n) is 7.50. The first-order valence-electron chi connectivity index (χ1n) is 11.6. The average Bonchev–Trinajstić information content (AvgIpc) is 3.14. The zero-order valence-electron chi connectivity index (χ0n) is 19.0. The molecule has 2 N–H and O–H groups in total. The maximum absolute atomic E-state index is 13.1. The number of carbonyl (C=O) groups excluding carboxylic acids is 2. The van der Waals surface area contributed by atoms with Gasteiger partial charge in [0.25, 0.3) is 5.91 Å². The summed E-state index contributed by atoms with van der Waals surface area (Å²) >= 11 is 0. The molecule has 2 heterocycles. The quantitative estimate of drug-likeness (QED) is 0.590. The fourth-order valence-corrected chi connectivity index (χ4v) is 5.70. The summed E-state index contributed by atoms with van der Waals surface area (Å²) in [5, 5.41) is 16.0. The first-order chi connectivity index (χ1) is 16.9. The molecule has 1 saturated heterocycles. The Labute approximate surface area is 201 Å². The average molecular weight is 473 g/mol. The highest BCUT2D eigenvalue weighted by Gasteiger charge is 2.60. The summed E-state index contributed by atoms with van der Waals surface area (Å²) in [6.07, 6.45) is 0.750. The van der Waals surface area contributed by atoms with Crippen LogP contribution < -0.4 is 5.32 Å². The molecule has 1 aliphatic heterocycles. The van der Waals surface area contributed by atoms with Gasteiger partial charge in [0.2, 0.25) is 0 Å². The molecule has 2 aliphatic carbocycles. The van der Waals surface area contributed by atoms with E-state index in [4.69, 9.17) is 4.74 Å². The Balaban J connectivity index is 1.13. The Bertz CT molecular complexity index is 1310. The normalized spacial score (nSPS) is 21.7. The van der Waals surface area contributed by atoms with Gasteiger partial charge in [0.1, 0.15) is 18.0 Å². The number of piperidine rings is 1. The van der Waals surface area contributed by atoms with Crippen LogP contribution in [0, 0.1) is 17.8 Å². The first-order valence-corrected chi connectivity index (χ1v) is 11.6. The van der Waals surface area contributed by atoms with Crippen LogP contribution in [0.2, 0.25) is 0 Å². The third-order valence-corrected chi connectivity index (χ3v) is 7.50. The molecule has 35 heavy (non-hydrogen) atoms. The second-order valence-electron chi connectivity index (χ2n) is 9.38. The van der Waals surface area contributed by atoms with Gasteiger partial charge in [-0.2, -0.15) is 5.10 Å². The summed E-state index contributed by atoms with van der Waals surface area (Å²) in [6, 6.07) is 16.2. The van der Waals surface area contributed by atoms with Crippen molar-refractivity contribution in [1.29, 1.82) is 0 Å². The summed E-state index contributed by atoms with van der Waals surface area (Å²) in [5.41, 5.74) is 4.78. The van der Waals surface area contributed by atoms with Crippen molar-refractivity contribution in [2.45, 2.75) is 5.92 Å². The predicted molar refractivity (Wildman–Crippen MR) is 126 cm³/mol. The Morgan fingerprint density at radius 2 is 1.63 bits per heavy atom.